The number of phenolic OH excluding ortho intramolecular Hbond substituents is 1. The number of likely N-dealkylation sites (tertiary alicyclic amines) is 1. The Balaban J connectivity index is 1.63. The van der Waals surface area contributed by atoms with Crippen molar-refractivity contribution in [3.63, 3.8) is 0 Å². The van der Waals surface area contributed by atoms with Gasteiger partial charge >= 0.3 is 0 Å². The number of hydrogen-bond donors (Lipinski definition) is 1. The highest BCUT2D eigenvalue weighted by Gasteiger charge is 2.27. The molecule has 1 aliphatic heterocycles. The number of amides is 1. The molecule has 1 heterocycles. The molecule has 3 rings (SSSR count). The molecule has 0 unspecified atom stereocenters. The van der Waals surface area contributed by atoms with Crippen LogP contribution in [0.3, 0.4) is 0 Å². The van der Waals surface area contributed by atoms with Crippen LogP contribution in [0, 0.1) is 12.7 Å². The van der Waals surface area contributed by atoms with Gasteiger partial charge in [-0.1, -0.05) is 24.3 Å². The predicted molar refractivity (Wildman–Crippen MR) is 86.9 cm³/mol. The minimum absolute atomic E-state index is 0.0969. The summed E-state index contributed by atoms with van der Waals surface area (Å²) in [5, 5.41) is 9.55. The SMILES string of the molecule is Cc1cc(CC(=O)N2CC[C@H](c3ccc(F)cc3)C2)ccc1O. The lowest BCUT2D eigenvalue weighted by molar-refractivity contribution is -0.129. The lowest BCUT2D eigenvalue weighted by atomic mass is 9.98. The predicted octanol–water partition coefficient (Wildman–Crippen LogP) is 3.40. The molecule has 2 aromatic carbocycles. The second-order valence-corrected chi connectivity index (χ2v) is 6.17. The van der Waals surface area contributed by atoms with E-state index >= 15 is 0 Å². The maximum atomic E-state index is 13.0. The van der Waals surface area contributed by atoms with E-state index in [1.807, 2.05) is 17.9 Å². The van der Waals surface area contributed by atoms with Crippen LogP contribution in [0.15, 0.2) is 42.5 Å². The van der Waals surface area contributed by atoms with Crippen LogP contribution < -0.4 is 0 Å². The minimum atomic E-state index is -0.234. The van der Waals surface area contributed by atoms with E-state index in [4.69, 9.17) is 0 Å². The fraction of sp³-hybridized carbons (Fsp3) is 0.316. The van der Waals surface area contributed by atoms with Crippen LogP contribution >= 0.6 is 0 Å². The van der Waals surface area contributed by atoms with Crippen LogP contribution in [0.2, 0.25) is 0 Å². The van der Waals surface area contributed by atoms with Gasteiger partial charge in [0.05, 0.1) is 6.42 Å². The van der Waals surface area contributed by atoms with Crippen LogP contribution in [0.25, 0.3) is 0 Å². The molecule has 1 N–H and O–H groups in total. The molecule has 1 amide bonds. The summed E-state index contributed by atoms with van der Waals surface area (Å²) in [7, 11) is 0. The summed E-state index contributed by atoms with van der Waals surface area (Å²) in [5.74, 6) is 0.391. The maximum absolute atomic E-state index is 13.0. The Morgan fingerprint density at radius 1 is 1.26 bits per heavy atom. The first kappa shape index (κ1) is 15.5. The van der Waals surface area contributed by atoms with Gasteiger partial charge in [0.15, 0.2) is 0 Å². The zero-order chi connectivity index (χ0) is 16.4. The average molecular weight is 313 g/mol. The zero-order valence-electron chi connectivity index (χ0n) is 13.1. The first-order valence-electron chi connectivity index (χ1n) is 7.84. The van der Waals surface area contributed by atoms with Gasteiger partial charge in [-0.05, 0) is 48.2 Å². The summed E-state index contributed by atoms with van der Waals surface area (Å²) in [6.45, 7) is 3.24. The molecule has 0 saturated carbocycles. The molecule has 1 atom stereocenters. The zero-order valence-corrected chi connectivity index (χ0v) is 13.1. The Morgan fingerprint density at radius 3 is 2.70 bits per heavy atom. The number of phenols is 1. The molecule has 1 aliphatic rings. The first-order valence-corrected chi connectivity index (χ1v) is 7.84. The van der Waals surface area contributed by atoms with Crippen LogP contribution in [0.5, 0.6) is 5.75 Å². The van der Waals surface area contributed by atoms with E-state index in [0.717, 1.165) is 29.7 Å². The quantitative estimate of drug-likeness (QED) is 0.943. The standard InChI is InChI=1S/C19H20FNO2/c1-13-10-14(2-7-18(13)22)11-19(23)21-9-8-16(12-21)15-3-5-17(20)6-4-15/h2-7,10,16,22H,8-9,11-12H2,1H3/t16-/m0/s1. The summed E-state index contributed by atoms with van der Waals surface area (Å²) < 4.78 is 13.0. The summed E-state index contributed by atoms with van der Waals surface area (Å²) in [6, 6.07) is 11.8. The van der Waals surface area contributed by atoms with E-state index in [1.165, 1.54) is 12.1 Å². The van der Waals surface area contributed by atoms with Crippen molar-refractivity contribution in [1.82, 2.24) is 4.90 Å². The second kappa shape index (κ2) is 6.41. The number of hydrogen-bond acceptors (Lipinski definition) is 2. The summed E-state index contributed by atoms with van der Waals surface area (Å²) in [6.07, 6.45) is 1.25. The van der Waals surface area contributed by atoms with E-state index in [1.54, 1.807) is 24.3 Å². The topological polar surface area (TPSA) is 40.5 Å². The highest BCUT2D eigenvalue weighted by molar-refractivity contribution is 5.79. The van der Waals surface area contributed by atoms with Crippen LogP contribution in [-0.4, -0.2) is 29.0 Å². The van der Waals surface area contributed by atoms with Crippen molar-refractivity contribution in [2.24, 2.45) is 0 Å². The lowest BCUT2D eigenvalue weighted by Gasteiger charge is -2.17. The number of carbonyl (C=O) groups is 1. The second-order valence-electron chi connectivity index (χ2n) is 6.17. The third kappa shape index (κ3) is 3.52. The Kier molecular flexibility index (Phi) is 4.33. The molecule has 120 valence electrons. The third-order valence-electron chi connectivity index (χ3n) is 4.50. The Hall–Kier alpha value is -2.36. The van der Waals surface area contributed by atoms with Crippen LogP contribution in [-0.2, 0) is 11.2 Å². The van der Waals surface area contributed by atoms with Crippen molar-refractivity contribution < 1.29 is 14.3 Å². The molecule has 0 bridgehead atoms. The lowest BCUT2D eigenvalue weighted by Crippen LogP contribution is -2.29. The molecular formula is C19H20FNO2. The third-order valence-corrected chi connectivity index (χ3v) is 4.50. The van der Waals surface area contributed by atoms with E-state index in [2.05, 4.69) is 0 Å². The van der Waals surface area contributed by atoms with Crippen molar-refractivity contribution in [2.45, 2.75) is 25.7 Å². The van der Waals surface area contributed by atoms with Gasteiger partial charge in [0, 0.05) is 19.0 Å². The van der Waals surface area contributed by atoms with E-state index in [0.29, 0.717) is 13.0 Å². The number of aromatic hydroxyl groups is 1. The number of halogens is 1. The number of rotatable bonds is 3. The van der Waals surface area contributed by atoms with Crippen LogP contribution in [0.1, 0.15) is 29.0 Å². The van der Waals surface area contributed by atoms with Crippen molar-refractivity contribution in [2.75, 3.05) is 13.1 Å². The van der Waals surface area contributed by atoms with E-state index in [-0.39, 0.29) is 23.4 Å². The fourth-order valence-corrected chi connectivity index (χ4v) is 3.11. The highest BCUT2D eigenvalue weighted by atomic mass is 19.1. The van der Waals surface area contributed by atoms with Crippen molar-refractivity contribution >= 4 is 5.91 Å². The minimum Gasteiger partial charge on any atom is -0.508 e. The van der Waals surface area contributed by atoms with Gasteiger partial charge in [0.1, 0.15) is 11.6 Å². The molecule has 23 heavy (non-hydrogen) atoms. The molecule has 0 radical (unpaired) electrons. The van der Waals surface area contributed by atoms with Crippen LogP contribution in [0.4, 0.5) is 4.39 Å². The average Bonchev–Trinajstić information content (AvgIpc) is 3.02. The first-order chi connectivity index (χ1) is 11.0. The molecule has 2 aromatic rings. The van der Waals surface area contributed by atoms with Gasteiger partial charge < -0.3 is 10.0 Å². The van der Waals surface area contributed by atoms with E-state index in [9.17, 15) is 14.3 Å². The maximum Gasteiger partial charge on any atom is 0.227 e. The molecule has 0 aliphatic carbocycles. The highest BCUT2D eigenvalue weighted by Crippen LogP contribution is 2.28. The van der Waals surface area contributed by atoms with Crippen molar-refractivity contribution in [3.05, 3.63) is 65.0 Å². The number of aryl methyl sites for hydroxylation is 1. The summed E-state index contributed by atoms with van der Waals surface area (Å²) in [4.78, 5) is 14.3. The largest absolute Gasteiger partial charge is 0.508 e. The van der Waals surface area contributed by atoms with Gasteiger partial charge in [-0.25, -0.2) is 4.39 Å². The van der Waals surface area contributed by atoms with Crippen molar-refractivity contribution in [1.29, 1.82) is 0 Å². The molecule has 0 spiro atoms. The summed E-state index contributed by atoms with van der Waals surface area (Å²) in [5.41, 5.74) is 2.78. The molecule has 1 fully saturated rings. The Morgan fingerprint density at radius 2 is 2.00 bits per heavy atom. The fourth-order valence-electron chi connectivity index (χ4n) is 3.11. The molecular weight excluding hydrogens is 293 g/mol. The molecule has 3 nitrogen and oxygen atoms in total. The molecule has 1 saturated heterocycles. The van der Waals surface area contributed by atoms with Gasteiger partial charge in [-0.15, -0.1) is 0 Å². The normalized spacial score (nSPS) is 17.5. The number of benzene rings is 2. The summed E-state index contributed by atoms with van der Waals surface area (Å²) >= 11 is 0. The van der Waals surface area contributed by atoms with E-state index < -0.39 is 0 Å². The molecule has 4 heteroatoms. The van der Waals surface area contributed by atoms with Gasteiger partial charge in [0.2, 0.25) is 5.91 Å². The number of carbonyl (C=O) groups excluding carboxylic acids is 1. The smallest absolute Gasteiger partial charge is 0.227 e. The van der Waals surface area contributed by atoms with Gasteiger partial charge in [-0.2, -0.15) is 0 Å². The van der Waals surface area contributed by atoms with Crippen molar-refractivity contribution in [3.8, 4) is 5.75 Å². The van der Waals surface area contributed by atoms with Gasteiger partial charge in [-0.3, -0.25) is 4.79 Å². The number of nitrogens with zero attached hydrogens (tertiary/aromatic N) is 1. The Labute approximate surface area is 135 Å². The Bertz CT molecular complexity index is 712. The monoisotopic (exact) mass is 313 g/mol. The molecule has 0 aromatic heterocycles. The van der Waals surface area contributed by atoms with Gasteiger partial charge in [0.25, 0.3) is 0 Å².